The van der Waals surface area contributed by atoms with E-state index in [4.69, 9.17) is 0 Å². The van der Waals surface area contributed by atoms with Gasteiger partial charge in [0.15, 0.2) is 0 Å². The van der Waals surface area contributed by atoms with Crippen LogP contribution in [0.25, 0.3) is 0 Å². The molecule has 0 atom stereocenters. The lowest BCUT2D eigenvalue weighted by Gasteiger charge is -1.92. The Bertz CT molecular complexity index is 114. The minimum absolute atomic E-state index is 0.288. The number of ether oxygens (including phenoxy) is 1. The lowest BCUT2D eigenvalue weighted by molar-refractivity contribution is -0.134. The first-order chi connectivity index (χ1) is 4.16. The highest BCUT2D eigenvalue weighted by atomic mass is 16.5. The molecule has 0 amide bonds. The molecule has 0 heterocycles. The maximum atomic E-state index is 10.4. The molecule has 0 aliphatic rings. The van der Waals surface area contributed by atoms with E-state index < -0.39 is 0 Å². The van der Waals surface area contributed by atoms with Gasteiger partial charge in [-0.3, -0.25) is 0 Å². The molecular formula is C7H12O2. The number of rotatable bonds is 2. The van der Waals surface area contributed by atoms with Crippen molar-refractivity contribution >= 4 is 5.97 Å². The molecule has 0 bridgehead atoms. The quantitative estimate of drug-likeness (QED) is 0.414. The van der Waals surface area contributed by atoms with E-state index in [1.807, 2.05) is 13.8 Å². The van der Waals surface area contributed by atoms with Crippen molar-refractivity contribution < 1.29 is 9.53 Å². The largest absolute Gasteiger partial charge is 0.466 e. The number of hydrogen-bond donors (Lipinski definition) is 0. The minimum atomic E-state index is -0.288. The average Bonchev–Trinajstić information content (AvgIpc) is 1.83. The zero-order chi connectivity index (χ0) is 7.28. The lowest BCUT2D eigenvalue weighted by Crippen LogP contribution is -1.94. The Morgan fingerprint density at radius 2 is 2.11 bits per heavy atom. The molecule has 0 saturated heterocycles. The summed E-state index contributed by atoms with van der Waals surface area (Å²) in [6.45, 7) is 4.00. The van der Waals surface area contributed by atoms with Gasteiger partial charge in [0, 0.05) is 6.08 Å². The van der Waals surface area contributed by atoms with E-state index >= 15 is 0 Å². The van der Waals surface area contributed by atoms with Crippen molar-refractivity contribution in [3.63, 3.8) is 0 Å². The summed E-state index contributed by atoms with van der Waals surface area (Å²) in [5, 5.41) is 0. The van der Waals surface area contributed by atoms with Crippen LogP contribution in [0.2, 0.25) is 0 Å². The summed E-state index contributed by atoms with van der Waals surface area (Å²) >= 11 is 0. The summed E-state index contributed by atoms with van der Waals surface area (Å²) in [6, 6.07) is 0. The second-order valence-corrected chi connectivity index (χ2v) is 2.13. The van der Waals surface area contributed by atoms with E-state index in [1.165, 1.54) is 13.2 Å². The minimum Gasteiger partial charge on any atom is -0.466 e. The first kappa shape index (κ1) is 8.21. The highest BCUT2D eigenvalue weighted by molar-refractivity contribution is 5.81. The first-order valence-electron chi connectivity index (χ1n) is 2.93. The van der Waals surface area contributed by atoms with Crippen LogP contribution >= 0.6 is 0 Å². The van der Waals surface area contributed by atoms with Gasteiger partial charge in [-0.15, -0.1) is 0 Å². The molecule has 0 saturated carbocycles. The van der Waals surface area contributed by atoms with Crippen molar-refractivity contribution in [2.24, 2.45) is 5.92 Å². The van der Waals surface area contributed by atoms with Crippen LogP contribution in [0.1, 0.15) is 13.8 Å². The molecule has 0 fully saturated rings. The van der Waals surface area contributed by atoms with E-state index in [0.29, 0.717) is 5.92 Å². The molecule has 2 heteroatoms. The highest BCUT2D eigenvalue weighted by Crippen LogP contribution is 1.92. The fourth-order valence-corrected chi connectivity index (χ4v) is 0.339. The predicted octanol–water partition coefficient (Wildman–Crippen LogP) is 1.37. The third kappa shape index (κ3) is 5.07. The predicted molar refractivity (Wildman–Crippen MR) is 36.0 cm³/mol. The van der Waals surface area contributed by atoms with Gasteiger partial charge in [0.2, 0.25) is 0 Å². The third-order valence-corrected chi connectivity index (χ3v) is 0.818. The molecule has 0 rings (SSSR count). The molecule has 0 aromatic heterocycles. The van der Waals surface area contributed by atoms with Crippen molar-refractivity contribution in [2.45, 2.75) is 13.8 Å². The van der Waals surface area contributed by atoms with Crippen LogP contribution in [0.4, 0.5) is 0 Å². The summed E-state index contributed by atoms with van der Waals surface area (Å²) in [4.78, 5) is 10.4. The molecule has 2 nitrogen and oxygen atoms in total. The molecule has 0 aromatic rings. The van der Waals surface area contributed by atoms with E-state index in [0.717, 1.165) is 0 Å². The van der Waals surface area contributed by atoms with Gasteiger partial charge < -0.3 is 4.74 Å². The van der Waals surface area contributed by atoms with Gasteiger partial charge in [0.1, 0.15) is 0 Å². The normalized spacial score (nSPS) is 10.7. The molecule has 0 unspecified atom stereocenters. The maximum Gasteiger partial charge on any atom is 0.330 e. The molecule has 52 valence electrons. The van der Waals surface area contributed by atoms with Gasteiger partial charge in [0.05, 0.1) is 7.11 Å². The molecule has 0 aliphatic heterocycles. The van der Waals surface area contributed by atoms with Crippen molar-refractivity contribution in [1.29, 1.82) is 0 Å². The Kier molecular flexibility index (Phi) is 3.76. The van der Waals surface area contributed by atoms with Crippen LogP contribution in [0.5, 0.6) is 0 Å². The Hall–Kier alpha value is -0.790. The molecule has 0 N–H and O–H groups in total. The van der Waals surface area contributed by atoms with E-state index in [-0.39, 0.29) is 5.97 Å². The van der Waals surface area contributed by atoms with Crippen molar-refractivity contribution in [1.82, 2.24) is 0 Å². The second kappa shape index (κ2) is 4.13. The van der Waals surface area contributed by atoms with Gasteiger partial charge in [0.25, 0.3) is 0 Å². The SMILES string of the molecule is COC(=O)C=CC(C)C. The van der Waals surface area contributed by atoms with Crippen LogP contribution in [0.15, 0.2) is 12.2 Å². The van der Waals surface area contributed by atoms with Crippen LogP contribution in [0.3, 0.4) is 0 Å². The van der Waals surface area contributed by atoms with Crippen LogP contribution < -0.4 is 0 Å². The summed E-state index contributed by atoms with van der Waals surface area (Å²) in [7, 11) is 1.37. The molecule has 0 aliphatic carbocycles. The maximum absolute atomic E-state index is 10.4. The number of allylic oxidation sites excluding steroid dienone is 1. The fourth-order valence-electron chi connectivity index (χ4n) is 0.339. The lowest BCUT2D eigenvalue weighted by atomic mass is 10.2. The number of hydrogen-bond acceptors (Lipinski definition) is 2. The summed E-state index contributed by atoms with van der Waals surface area (Å²) in [5.41, 5.74) is 0. The second-order valence-electron chi connectivity index (χ2n) is 2.13. The van der Waals surface area contributed by atoms with E-state index in [1.54, 1.807) is 6.08 Å². The molecule has 9 heavy (non-hydrogen) atoms. The van der Waals surface area contributed by atoms with Crippen LogP contribution in [-0.4, -0.2) is 13.1 Å². The van der Waals surface area contributed by atoms with E-state index in [2.05, 4.69) is 4.74 Å². The number of carbonyl (C=O) groups is 1. The smallest absolute Gasteiger partial charge is 0.330 e. The van der Waals surface area contributed by atoms with Gasteiger partial charge in [-0.2, -0.15) is 0 Å². The van der Waals surface area contributed by atoms with Crippen molar-refractivity contribution in [3.05, 3.63) is 12.2 Å². The Morgan fingerprint density at radius 3 is 2.44 bits per heavy atom. The fraction of sp³-hybridized carbons (Fsp3) is 0.571. The van der Waals surface area contributed by atoms with Gasteiger partial charge in [-0.1, -0.05) is 19.9 Å². The van der Waals surface area contributed by atoms with Crippen LogP contribution in [-0.2, 0) is 9.53 Å². The standard InChI is InChI=1S/C7H12O2/c1-6(2)4-5-7(8)9-3/h4-6H,1-3H3. The third-order valence-electron chi connectivity index (χ3n) is 0.818. The highest BCUT2D eigenvalue weighted by Gasteiger charge is 1.90. The Balaban J connectivity index is 3.57. The topological polar surface area (TPSA) is 26.3 Å². The zero-order valence-electron chi connectivity index (χ0n) is 6.05. The average molecular weight is 128 g/mol. The summed E-state index contributed by atoms with van der Waals surface area (Å²) in [5.74, 6) is 0.118. The monoisotopic (exact) mass is 128 g/mol. The first-order valence-corrected chi connectivity index (χ1v) is 2.93. The van der Waals surface area contributed by atoms with E-state index in [9.17, 15) is 4.79 Å². The molecule has 0 radical (unpaired) electrons. The summed E-state index contributed by atoms with van der Waals surface area (Å²) < 4.78 is 4.37. The number of esters is 1. The van der Waals surface area contributed by atoms with Gasteiger partial charge >= 0.3 is 5.97 Å². The van der Waals surface area contributed by atoms with Crippen molar-refractivity contribution in [3.8, 4) is 0 Å². The Morgan fingerprint density at radius 1 is 1.56 bits per heavy atom. The van der Waals surface area contributed by atoms with Crippen molar-refractivity contribution in [2.75, 3.05) is 7.11 Å². The Labute approximate surface area is 55.5 Å². The van der Waals surface area contributed by atoms with Crippen LogP contribution in [0, 0.1) is 5.92 Å². The van der Waals surface area contributed by atoms with Gasteiger partial charge in [-0.05, 0) is 5.92 Å². The molecular weight excluding hydrogens is 116 g/mol. The molecule has 0 aromatic carbocycles. The summed E-state index contributed by atoms with van der Waals surface area (Å²) in [6.07, 6.45) is 3.23. The molecule has 0 spiro atoms. The zero-order valence-corrected chi connectivity index (χ0v) is 6.05. The number of carbonyl (C=O) groups excluding carboxylic acids is 1. The van der Waals surface area contributed by atoms with Gasteiger partial charge in [-0.25, -0.2) is 4.79 Å². The number of methoxy groups -OCH3 is 1.